The summed E-state index contributed by atoms with van der Waals surface area (Å²) in [6.07, 6.45) is 1.46. The van der Waals surface area contributed by atoms with E-state index in [0.717, 1.165) is 29.8 Å². The molecule has 5 heteroatoms. The van der Waals surface area contributed by atoms with E-state index in [1.165, 1.54) is 28.5 Å². The number of fused-ring (bicyclic) bond motifs is 2. The highest BCUT2D eigenvalue weighted by Crippen LogP contribution is 2.41. The maximum absolute atomic E-state index is 14.0. The molecule has 0 amide bonds. The van der Waals surface area contributed by atoms with Crippen molar-refractivity contribution in [3.63, 3.8) is 0 Å². The molecule has 0 aliphatic carbocycles. The lowest BCUT2D eigenvalue weighted by Gasteiger charge is -2.33. The molecule has 0 fully saturated rings. The molecule has 178 valence electrons. The van der Waals surface area contributed by atoms with Gasteiger partial charge in [-0.3, -0.25) is 0 Å². The second-order valence-electron chi connectivity index (χ2n) is 9.14. The quantitative estimate of drug-likeness (QED) is 0.316. The first-order valence-electron chi connectivity index (χ1n) is 12.0. The number of ether oxygens (including phenoxy) is 1. The van der Waals surface area contributed by atoms with Gasteiger partial charge < -0.3 is 15.2 Å². The van der Waals surface area contributed by atoms with E-state index in [-0.39, 0.29) is 23.6 Å². The fraction of sp³-hybridized carbons (Fsp3) is 0.233. The zero-order valence-electron chi connectivity index (χ0n) is 19.6. The molecule has 5 rings (SSSR count). The first-order chi connectivity index (χ1) is 17.0. The summed E-state index contributed by atoms with van der Waals surface area (Å²) in [5.74, 6) is -1.23. The monoisotopic (exact) mass is 469 g/mol. The first-order valence-corrected chi connectivity index (χ1v) is 12.0. The van der Waals surface area contributed by atoms with Crippen molar-refractivity contribution >= 4 is 16.7 Å². The Labute approximate surface area is 204 Å². The molecule has 0 spiro atoms. The minimum absolute atomic E-state index is 0.0413. The van der Waals surface area contributed by atoms with Gasteiger partial charge in [0, 0.05) is 17.5 Å². The molecule has 0 aromatic heterocycles. The average Bonchev–Trinajstić information content (AvgIpc) is 2.88. The second-order valence-corrected chi connectivity index (χ2v) is 9.14. The number of carboxylic acids is 1. The fourth-order valence-electron chi connectivity index (χ4n) is 5.11. The van der Waals surface area contributed by atoms with Crippen LogP contribution in [0.2, 0.25) is 0 Å². The van der Waals surface area contributed by atoms with Crippen molar-refractivity contribution < 1.29 is 19.0 Å². The summed E-state index contributed by atoms with van der Waals surface area (Å²) in [4.78, 5) is 11.5. The smallest absolute Gasteiger partial charge is 0.338 e. The third kappa shape index (κ3) is 4.77. The summed E-state index contributed by atoms with van der Waals surface area (Å²) in [6.45, 7) is 2.95. The van der Waals surface area contributed by atoms with E-state index in [1.54, 1.807) is 6.07 Å². The average molecular weight is 470 g/mol. The van der Waals surface area contributed by atoms with Crippen LogP contribution in [-0.4, -0.2) is 23.7 Å². The fourth-order valence-corrected chi connectivity index (χ4v) is 5.11. The Bertz CT molecular complexity index is 1360. The topological polar surface area (TPSA) is 58.6 Å². The Kier molecular flexibility index (Phi) is 6.51. The van der Waals surface area contributed by atoms with Crippen LogP contribution in [0.3, 0.4) is 0 Å². The van der Waals surface area contributed by atoms with Gasteiger partial charge in [0.2, 0.25) is 0 Å². The van der Waals surface area contributed by atoms with Gasteiger partial charge in [0.05, 0.1) is 5.56 Å². The van der Waals surface area contributed by atoms with E-state index in [9.17, 15) is 14.3 Å². The molecular weight excluding hydrogens is 441 g/mol. The Morgan fingerprint density at radius 1 is 1.06 bits per heavy atom. The lowest BCUT2D eigenvalue weighted by molar-refractivity contribution is 0.0691. The van der Waals surface area contributed by atoms with Gasteiger partial charge >= 0.3 is 5.97 Å². The van der Waals surface area contributed by atoms with Crippen molar-refractivity contribution in [3.05, 3.63) is 113 Å². The highest BCUT2D eigenvalue weighted by Gasteiger charge is 2.30. The molecule has 1 heterocycles. The van der Waals surface area contributed by atoms with Crippen LogP contribution >= 0.6 is 0 Å². The molecule has 35 heavy (non-hydrogen) atoms. The summed E-state index contributed by atoms with van der Waals surface area (Å²) in [6, 6.07) is 27.2. The molecule has 0 radical (unpaired) electrons. The van der Waals surface area contributed by atoms with E-state index in [1.807, 2.05) is 24.3 Å². The van der Waals surface area contributed by atoms with Gasteiger partial charge in [-0.2, -0.15) is 0 Å². The minimum Gasteiger partial charge on any atom is -0.490 e. The molecule has 3 atom stereocenters. The number of halogens is 1. The SMILES string of the molecule is C[C@@H](NCC[C@H]1C[C@@H](c2ccc(F)c(C(=O)O)c2)c2ccccc2O1)c1cccc2ccccc12. The number of benzene rings is 4. The number of hydrogen-bond acceptors (Lipinski definition) is 3. The van der Waals surface area contributed by atoms with Crippen LogP contribution in [-0.2, 0) is 0 Å². The molecule has 2 N–H and O–H groups in total. The van der Waals surface area contributed by atoms with Gasteiger partial charge in [-0.15, -0.1) is 0 Å². The molecule has 1 aliphatic rings. The van der Waals surface area contributed by atoms with Gasteiger partial charge in [-0.25, -0.2) is 9.18 Å². The largest absolute Gasteiger partial charge is 0.490 e. The van der Waals surface area contributed by atoms with Gasteiger partial charge in [-0.1, -0.05) is 66.7 Å². The molecule has 0 saturated carbocycles. The number of hydrogen-bond donors (Lipinski definition) is 2. The van der Waals surface area contributed by atoms with Gasteiger partial charge in [0.25, 0.3) is 0 Å². The number of nitrogens with one attached hydrogen (secondary N) is 1. The van der Waals surface area contributed by atoms with E-state index in [2.05, 4.69) is 54.7 Å². The van der Waals surface area contributed by atoms with E-state index >= 15 is 0 Å². The van der Waals surface area contributed by atoms with Crippen LogP contribution in [0.15, 0.2) is 84.9 Å². The molecule has 0 unspecified atom stereocenters. The molecule has 0 saturated heterocycles. The Morgan fingerprint density at radius 2 is 1.83 bits per heavy atom. The predicted octanol–water partition coefficient (Wildman–Crippen LogP) is 6.70. The highest BCUT2D eigenvalue weighted by molar-refractivity contribution is 5.88. The minimum atomic E-state index is -1.26. The second kappa shape index (κ2) is 9.88. The summed E-state index contributed by atoms with van der Waals surface area (Å²) in [7, 11) is 0. The van der Waals surface area contributed by atoms with Crippen LogP contribution in [0.4, 0.5) is 4.39 Å². The number of para-hydroxylation sites is 1. The number of aromatic carboxylic acids is 1. The molecule has 4 aromatic rings. The van der Waals surface area contributed by atoms with Crippen LogP contribution in [0.5, 0.6) is 5.75 Å². The normalized spacial score (nSPS) is 18.0. The summed E-state index contributed by atoms with van der Waals surface area (Å²) in [5, 5.41) is 15.5. The lowest BCUT2D eigenvalue weighted by Crippen LogP contribution is -2.31. The van der Waals surface area contributed by atoms with Gasteiger partial charge in [0.15, 0.2) is 0 Å². The number of carbonyl (C=O) groups is 1. The Hall–Kier alpha value is -3.70. The maximum atomic E-state index is 14.0. The van der Waals surface area contributed by atoms with Crippen LogP contribution in [0.25, 0.3) is 10.8 Å². The van der Waals surface area contributed by atoms with E-state index in [4.69, 9.17) is 4.74 Å². The summed E-state index contributed by atoms with van der Waals surface area (Å²) >= 11 is 0. The summed E-state index contributed by atoms with van der Waals surface area (Å²) in [5.41, 5.74) is 2.77. The zero-order valence-corrected chi connectivity index (χ0v) is 19.6. The molecule has 0 bridgehead atoms. The van der Waals surface area contributed by atoms with Crippen molar-refractivity contribution in [3.8, 4) is 5.75 Å². The van der Waals surface area contributed by atoms with Crippen molar-refractivity contribution in [2.24, 2.45) is 0 Å². The van der Waals surface area contributed by atoms with Gasteiger partial charge in [-0.05, 0) is 66.4 Å². The lowest BCUT2D eigenvalue weighted by atomic mass is 9.83. The third-order valence-electron chi connectivity index (χ3n) is 6.92. The Balaban J connectivity index is 1.31. The standard InChI is InChI=1S/C30H28FNO3/c1-19(23-11-6-8-20-7-2-3-9-24(20)23)32-16-15-22-18-26(25-10-4-5-12-29(25)35-22)21-13-14-28(31)27(17-21)30(33)34/h2-14,17,19,22,26,32H,15-16,18H2,1H3,(H,33,34)/t19-,22+,26+/m1/s1. The molecular formula is C30H28FNO3. The predicted molar refractivity (Wildman–Crippen MR) is 136 cm³/mol. The van der Waals surface area contributed by atoms with Gasteiger partial charge in [0.1, 0.15) is 17.7 Å². The van der Waals surface area contributed by atoms with Crippen molar-refractivity contribution in [1.29, 1.82) is 0 Å². The highest BCUT2D eigenvalue weighted by atomic mass is 19.1. The van der Waals surface area contributed by atoms with Crippen LogP contribution in [0.1, 0.15) is 58.8 Å². The summed E-state index contributed by atoms with van der Waals surface area (Å²) < 4.78 is 20.3. The number of rotatable bonds is 7. The third-order valence-corrected chi connectivity index (χ3v) is 6.92. The first kappa shape index (κ1) is 23.1. The van der Waals surface area contributed by atoms with Crippen LogP contribution in [0, 0.1) is 5.82 Å². The van der Waals surface area contributed by atoms with Crippen molar-refractivity contribution in [1.82, 2.24) is 5.32 Å². The van der Waals surface area contributed by atoms with Crippen LogP contribution < -0.4 is 10.1 Å². The molecule has 4 nitrogen and oxygen atoms in total. The van der Waals surface area contributed by atoms with Crippen molar-refractivity contribution in [2.75, 3.05) is 6.54 Å². The van der Waals surface area contributed by atoms with E-state index < -0.39 is 11.8 Å². The molecule has 4 aromatic carbocycles. The van der Waals surface area contributed by atoms with Crippen molar-refractivity contribution in [2.45, 2.75) is 37.8 Å². The zero-order chi connectivity index (χ0) is 24.4. The maximum Gasteiger partial charge on any atom is 0.338 e. The van der Waals surface area contributed by atoms with E-state index in [0.29, 0.717) is 6.42 Å². The number of carboxylic acid groups (broad SMARTS) is 1. The Morgan fingerprint density at radius 3 is 2.69 bits per heavy atom. The molecule has 1 aliphatic heterocycles.